The van der Waals surface area contributed by atoms with Gasteiger partial charge >= 0.3 is 11.9 Å². The van der Waals surface area contributed by atoms with Gasteiger partial charge in [-0.15, -0.1) is 0 Å². The predicted octanol–water partition coefficient (Wildman–Crippen LogP) is 6.58. The van der Waals surface area contributed by atoms with Crippen molar-refractivity contribution in [2.75, 3.05) is 32.7 Å². The Morgan fingerprint density at radius 3 is 2.47 bits per heavy atom. The van der Waals surface area contributed by atoms with E-state index in [4.69, 9.17) is 15.2 Å². The van der Waals surface area contributed by atoms with Crippen LogP contribution in [0.5, 0.6) is 0 Å². The molecule has 0 radical (unpaired) electrons. The SMILES string of the molecule is CCC[C@@H]1CC(=O)[C@@H]2OC(=O)[C@@]34C5=C(CC[C@@]23[C@@]2(OC(=O)c3c(CCCN)cccc32)[C@H]4CCC)[C@@H]2C(CC[C@H](C)[C@@H]2CC5)N2C[C@H]3C[C@H](C2)CN1C3. The van der Waals surface area contributed by atoms with Crippen LogP contribution in [0.3, 0.4) is 0 Å². The number of benzene rings is 1. The highest BCUT2D eigenvalue weighted by Crippen LogP contribution is 2.86. The van der Waals surface area contributed by atoms with Gasteiger partial charge in [0, 0.05) is 56.2 Å². The summed E-state index contributed by atoms with van der Waals surface area (Å²) in [6.07, 6.45) is 11.8. The van der Waals surface area contributed by atoms with Crippen LogP contribution in [0.15, 0.2) is 29.3 Å². The Bertz CT molecular complexity index is 1740. The van der Waals surface area contributed by atoms with E-state index in [0.717, 1.165) is 88.7 Å². The van der Waals surface area contributed by atoms with Crippen molar-refractivity contribution in [3.63, 3.8) is 0 Å². The van der Waals surface area contributed by atoms with Crippen molar-refractivity contribution < 1.29 is 23.9 Å². The van der Waals surface area contributed by atoms with E-state index in [0.29, 0.717) is 67.0 Å². The normalized spacial score (nSPS) is 46.1. The number of carbonyl (C=O) groups is 3. The summed E-state index contributed by atoms with van der Waals surface area (Å²) in [4.78, 5) is 50.8. The van der Waals surface area contributed by atoms with Crippen LogP contribution >= 0.6 is 0 Å². The number of nitrogens with zero attached hydrogens (tertiary/aromatic N) is 2. The topological polar surface area (TPSA) is 102 Å². The molecule has 2 N–H and O–H groups in total. The minimum atomic E-state index is -1.08. The number of carbonyl (C=O) groups excluding carboxylic acids is 3. The summed E-state index contributed by atoms with van der Waals surface area (Å²) in [6.45, 7) is 11.9. The zero-order chi connectivity index (χ0) is 36.4. The first-order valence-electron chi connectivity index (χ1n) is 21.7. The number of hydrogen-bond acceptors (Lipinski definition) is 8. The van der Waals surface area contributed by atoms with Crippen LogP contribution in [-0.2, 0) is 31.1 Å². The van der Waals surface area contributed by atoms with E-state index < -0.39 is 22.5 Å². The van der Waals surface area contributed by atoms with E-state index in [1.54, 1.807) is 0 Å². The van der Waals surface area contributed by atoms with Crippen molar-refractivity contribution in [3.8, 4) is 0 Å². The molecule has 1 aromatic carbocycles. The number of rotatable bonds is 7. The molecule has 5 saturated heterocycles. The average molecular weight is 724 g/mol. The van der Waals surface area contributed by atoms with Crippen LogP contribution in [0.25, 0.3) is 0 Å². The molecule has 2 spiro atoms. The van der Waals surface area contributed by atoms with Crippen LogP contribution in [0.4, 0.5) is 0 Å². The summed E-state index contributed by atoms with van der Waals surface area (Å²) >= 11 is 0. The molecule has 10 bridgehead atoms. The third-order valence-corrected chi connectivity index (χ3v) is 16.9. The Hall–Kier alpha value is -2.55. The molecular formula is C45H61N3O5. The van der Waals surface area contributed by atoms with Crippen molar-refractivity contribution in [3.05, 3.63) is 46.0 Å². The first-order valence-corrected chi connectivity index (χ1v) is 21.7. The number of ketones is 1. The van der Waals surface area contributed by atoms with Crippen molar-refractivity contribution in [2.24, 2.45) is 52.1 Å². The lowest BCUT2D eigenvalue weighted by Crippen LogP contribution is -2.79. The molecule has 8 heterocycles. The lowest BCUT2D eigenvalue weighted by molar-refractivity contribution is -0.298. The molecule has 2 saturated carbocycles. The highest BCUT2D eigenvalue weighted by molar-refractivity contribution is 6.02. The quantitative estimate of drug-likeness (QED) is 0.249. The number of Topliss-reactive ketones (excluding diaryl/α,β-unsaturated/α-hetero) is 1. The molecule has 0 aromatic heterocycles. The van der Waals surface area contributed by atoms with Gasteiger partial charge in [-0.25, -0.2) is 4.79 Å². The first kappa shape index (κ1) is 34.9. The van der Waals surface area contributed by atoms with Crippen LogP contribution in [0.1, 0.15) is 126 Å². The van der Waals surface area contributed by atoms with Gasteiger partial charge in [0.15, 0.2) is 17.5 Å². The summed E-state index contributed by atoms with van der Waals surface area (Å²) < 4.78 is 13.7. The summed E-state index contributed by atoms with van der Waals surface area (Å²) in [7, 11) is 0. The fourth-order valence-corrected chi connectivity index (χ4v) is 15.4. The van der Waals surface area contributed by atoms with E-state index in [1.165, 1.54) is 30.4 Å². The van der Waals surface area contributed by atoms with Gasteiger partial charge in [-0.05, 0) is 112 Å². The maximum absolute atomic E-state index is 15.4. The van der Waals surface area contributed by atoms with Gasteiger partial charge in [-0.1, -0.05) is 63.0 Å². The van der Waals surface area contributed by atoms with E-state index in [-0.39, 0.29) is 29.7 Å². The summed E-state index contributed by atoms with van der Waals surface area (Å²) in [6, 6.07) is 6.83. The monoisotopic (exact) mass is 723 g/mol. The maximum atomic E-state index is 15.4. The van der Waals surface area contributed by atoms with E-state index in [2.05, 4.69) is 42.7 Å². The molecule has 1 aromatic rings. The van der Waals surface area contributed by atoms with Crippen molar-refractivity contribution in [1.29, 1.82) is 0 Å². The highest BCUT2D eigenvalue weighted by Gasteiger charge is 2.94. The van der Waals surface area contributed by atoms with Crippen molar-refractivity contribution >= 4 is 17.7 Å². The lowest BCUT2D eigenvalue weighted by Gasteiger charge is -2.72. The molecule has 12 atom stereocenters. The fraction of sp³-hybridized carbons (Fsp3) is 0.756. The number of piperidine rings is 2. The molecule has 8 aliphatic heterocycles. The fourth-order valence-electron chi connectivity index (χ4n) is 15.4. The maximum Gasteiger partial charge on any atom is 0.339 e. The minimum Gasteiger partial charge on any atom is -0.453 e. The van der Waals surface area contributed by atoms with Crippen molar-refractivity contribution in [1.82, 2.24) is 9.80 Å². The smallest absolute Gasteiger partial charge is 0.339 e. The van der Waals surface area contributed by atoms with Crippen LogP contribution in [0.2, 0.25) is 0 Å². The van der Waals surface area contributed by atoms with Gasteiger partial charge in [0.2, 0.25) is 0 Å². The number of hydrogen-bond donors (Lipinski definition) is 1. The second kappa shape index (κ2) is 12.5. The number of esters is 2. The van der Waals surface area contributed by atoms with Crippen LogP contribution in [0, 0.1) is 46.3 Å². The number of nitrogens with two attached hydrogens (primary N) is 1. The summed E-state index contributed by atoms with van der Waals surface area (Å²) in [5.74, 6) is 2.26. The van der Waals surface area contributed by atoms with Crippen LogP contribution in [-0.4, -0.2) is 78.4 Å². The number of ether oxygens (including phenoxy) is 2. The van der Waals surface area contributed by atoms with Gasteiger partial charge in [0.05, 0.1) is 11.0 Å². The average Bonchev–Trinajstić information content (AvgIpc) is 3.61. The van der Waals surface area contributed by atoms with Crippen LogP contribution < -0.4 is 5.73 Å². The molecule has 286 valence electrons. The highest BCUT2D eigenvalue weighted by atomic mass is 16.6. The molecule has 12 aliphatic rings. The molecule has 8 heteroatoms. The zero-order valence-corrected chi connectivity index (χ0v) is 32.4. The lowest BCUT2D eigenvalue weighted by atomic mass is 9.27. The first-order chi connectivity index (χ1) is 25.7. The molecule has 13 rings (SSSR count). The molecule has 0 amide bonds. The van der Waals surface area contributed by atoms with E-state index in [1.807, 2.05) is 6.07 Å². The van der Waals surface area contributed by atoms with Gasteiger partial charge < -0.3 is 15.2 Å². The summed E-state index contributed by atoms with van der Waals surface area (Å²) in [5.41, 5.74) is 8.36. The summed E-state index contributed by atoms with van der Waals surface area (Å²) in [5, 5.41) is 0. The molecule has 4 aliphatic carbocycles. The zero-order valence-electron chi connectivity index (χ0n) is 32.4. The Labute approximate surface area is 315 Å². The predicted molar refractivity (Wildman–Crippen MR) is 202 cm³/mol. The van der Waals surface area contributed by atoms with Gasteiger partial charge in [-0.2, -0.15) is 0 Å². The second-order valence-corrected chi connectivity index (χ2v) is 19.1. The number of fused-ring (bicyclic) bond motifs is 2. The largest absolute Gasteiger partial charge is 0.453 e. The third-order valence-electron chi connectivity index (χ3n) is 16.9. The second-order valence-electron chi connectivity index (χ2n) is 19.1. The molecule has 1 unspecified atom stereocenters. The van der Waals surface area contributed by atoms with E-state index >= 15 is 9.59 Å². The molecular weight excluding hydrogens is 663 g/mol. The third kappa shape index (κ3) is 4.32. The number of aryl methyl sites for hydroxylation is 1. The van der Waals surface area contributed by atoms with E-state index in [9.17, 15) is 4.79 Å². The van der Waals surface area contributed by atoms with Crippen molar-refractivity contribution in [2.45, 2.75) is 134 Å². The Morgan fingerprint density at radius 1 is 0.943 bits per heavy atom. The molecule has 7 fully saturated rings. The molecule has 53 heavy (non-hydrogen) atoms. The van der Waals surface area contributed by atoms with Gasteiger partial charge in [-0.3, -0.25) is 19.4 Å². The minimum absolute atomic E-state index is 0.0471. The Balaban J connectivity index is 1.22. The Kier molecular flexibility index (Phi) is 8.22. The van der Waals surface area contributed by atoms with Gasteiger partial charge in [0.25, 0.3) is 0 Å². The standard InChI is InChI=1S/C45H61N3O5/c1-4-8-30-21-36(49)40-43-18-17-32-33(15-14-31-26(3)13-16-35(39(31)32)48-24-27-20-28(25-48)23-47(30)22-27)44(43,42(51)52-40)37(9-5-2)45(43)34-12-6-10-29(11-7-19-46)38(34)41(50)53-45/h6,10,12,26-28,30-31,35,37,39-40H,4-5,7-9,11,13-25,46H2,1-3H3/t26-,27-,28-,30+,31-,35?,37-,39+,40-,43+,44-,45-/m0/s1. The molecule has 8 nitrogen and oxygen atoms in total. The van der Waals surface area contributed by atoms with Gasteiger partial charge in [0.1, 0.15) is 5.41 Å². The Morgan fingerprint density at radius 2 is 1.72 bits per heavy atom.